The number of nitrogens with zero attached hydrogens (tertiary/aromatic N) is 3. The average Bonchev–Trinajstić information content (AvgIpc) is 3.35. The number of carbonyl (C=O) groups excluding carboxylic acids is 2. The molecule has 0 bridgehead atoms. The van der Waals surface area contributed by atoms with Crippen molar-refractivity contribution in [2.24, 2.45) is 11.8 Å². The van der Waals surface area contributed by atoms with Crippen LogP contribution in [0, 0.1) is 18.8 Å². The Kier molecular flexibility index (Phi) is 11.1. The second kappa shape index (κ2) is 13.7. The maximum atomic E-state index is 12.0. The van der Waals surface area contributed by atoms with Crippen LogP contribution in [0.15, 0.2) is 49.6 Å². The maximum Gasteiger partial charge on any atom is 0.261 e. The molecule has 0 aliphatic heterocycles. The van der Waals surface area contributed by atoms with Crippen LogP contribution in [0.1, 0.15) is 64.7 Å². The fourth-order valence-electron chi connectivity index (χ4n) is 4.02. The van der Waals surface area contributed by atoms with Gasteiger partial charge in [0.25, 0.3) is 5.91 Å². The summed E-state index contributed by atoms with van der Waals surface area (Å²) in [6.45, 7) is 12.5. The molecule has 1 amide bonds. The Morgan fingerprint density at radius 3 is 2.26 bits per heavy atom. The number of nitrogens with one attached hydrogen (secondary N) is 1. The molecule has 3 aromatic rings. The number of aryl methyl sites for hydroxylation is 1. The second-order valence-corrected chi connectivity index (χ2v) is 10.1. The number of aromatic nitrogens is 2. The monoisotopic (exact) mass is 494 g/mol. The predicted molar refractivity (Wildman–Crippen MR) is 148 cm³/mol. The molecule has 35 heavy (non-hydrogen) atoms. The van der Waals surface area contributed by atoms with Crippen LogP contribution in [-0.4, -0.2) is 42.3 Å². The van der Waals surface area contributed by atoms with Crippen molar-refractivity contribution in [1.29, 1.82) is 0 Å². The fourth-order valence-corrected chi connectivity index (χ4v) is 4.84. The summed E-state index contributed by atoms with van der Waals surface area (Å²) in [5.74, 6) is 3.22. The smallest absolute Gasteiger partial charge is 0.261 e. The van der Waals surface area contributed by atoms with Gasteiger partial charge in [0.15, 0.2) is 5.78 Å². The first-order valence-corrected chi connectivity index (χ1v) is 12.9. The zero-order valence-corrected chi connectivity index (χ0v) is 22.5. The van der Waals surface area contributed by atoms with Gasteiger partial charge < -0.3 is 10.2 Å². The van der Waals surface area contributed by atoms with Crippen molar-refractivity contribution in [1.82, 2.24) is 15.3 Å². The number of Topliss-reactive ketones (excluding diaryl/α,β-unsaturated/α-hetero) is 1. The number of thiophene rings is 1. The normalized spacial score (nSPS) is 16.8. The van der Waals surface area contributed by atoms with Crippen LogP contribution in [0.3, 0.4) is 0 Å². The molecule has 1 saturated carbocycles. The molecule has 188 valence electrons. The van der Waals surface area contributed by atoms with E-state index < -0.39 is 0 Å². The highest BCUT2D eigenvalue weighted by Crippen LogP contribution is 2.28. The molecule has 7 heteroatoms. The summed E-state index contributed by atoms with van der Waals surface area (Å²) in [6.07, 6.45) is 4.97. The number of fused-ring (bicyclic) bond motifs is 1. The molecule has 2 heterocycles. The molecule has 0 radical (unpaired) electrons. The molecule has 1 aromatic carbocycles. The van der Waals surface area contributed by atoms with Gasteiger partial charge in [-0.15, -0.1) is 24.5 Å². The zero-order chi connectivity index (χ0) is 26.0. The van der Waals surface area contributed by atoms with Gasteiger partial charge in [0.05, 0.1) is 15.3 Å². The molecule has 1 N–H and O–H groups in total. The fraction of sp³-hybridized carbons (Fsp3) is 0.429. The van der Waals surface area contributed by atoms with Gasteiger partial charge in [-0.1, -0.05) is 31.9 Å². The molecular weight excluding hydrogens is 456 g/mol. The van der Waals surface area contributed by atoms with E-state index in [9.17, 15) is 9.59 Å². The topological polar surface area (TPSA) is 75.2 Å². The van der Waals surface area contributed by atoms with E-state index in [1.807, 2.05) is 50.2 Å². The van der Waals surface area contributed by atoms with Crippen LogP contribution >= 0.6 is 11.3 Å². The van der Waals surface area contributed by atoms with E-state index in [0.29, 0.717) is 15.7 Å². The van der Waals surface area contributed by atoms with E-state index in [-0.39, 0.29) is 11.7 Å². The number of hydrogen-bond donors (Lipinski definition) is 1. The van der Waals surface area contributed by atoms with E-state index in [1.54, 1.807) is 12.1 Å². The lowest BCUT2D eigenvalue weighted by Gasteiger charge is -2.26. The molecule has 4 rings (SSSR count). The summed E-state index contributed by atoms with van der Waals surface area (Å²) >= 11 is 1.27. The van der Waals surface area contributed by atoms with E-state index in [4.69, 9.17) is 0 Å². The lowest BCUT2D eigenvalue weighted by atomic mass is 9.83. The van der Waals surface area contributed by atoms with E-state index >= 15 is 0 Å². The molecule has 1 fully saturated rings. The number of ketones is 1. The van der Waals surface area contributed by atoms with Crippen molar-refractivity contribution < 1.29 is 9.59 Å². The van der Waals surface area contributed by atoms with Crippen molar-refractivity contribution in [3.63, 3.8) is 0 Å². The minimum absolute atomic E-state index is 0.0188. The summed E-state index contributed by atoms with van der Waals surface area (Å²) in [6, 6.07) is 11.5. The van der Waals surface area contributed by atoms with Crippen molar-refractivity contribution in [3.05, 3.63) is 65.1 Å². The van der Waals surface area contributed by atoms with Crippen LogP contribution in [0.5, 0.6) is 0 Å². The molecule has 6 nitrogen and oxygen atoms in total. The van der Waals surface area contributed by atoms with Crippen LogP contribution < -0.4 is 10.2 Å². The van der Waals surface area contributed by atoms with E-state index in [0.717, 1.165) is 35.0 Å². The summed E-state index contributed by atoms with van der Waals surface area (Å²) in [5, 5.41) is 4.10. The zero-order valence-electron chi connectivity index (χ0n) is 21.6. The third-order valence-corrected chi connectivity index (χ3v) is 7.17. The van der Waals surface area contributed by atoms with Crippen LogP contribution in [0.4, 0.5) is 5.82 Å². The van der Waals surface area contributed by atoms with Crippen LogP contribution in [0.25, 0.3) is 10.9 Å². The highest BCUT2D eigenvalue weighted by atomic mass is 32.1. The highest BCUT2D eigenvalue weighted by molar-refractivity contribution is 7.15. The molecule has 0 unspecified atom stereocenters. The number of benzene rings is 1. The Morgan fingerprint density at radius 1 is 1.03 bits per heavy atom. The lowest BCUT2D eigenvalue weighted by molar-refractivity contribution is 0.0945. The largest absolute Gasteiger partial charge is 0.362 e. The van der Waals surface area contributed by atoms with Gasteiger partial charge in [-0.3, -0.25) is 9.59 Å². The molecule has 0 saturated heterocycles. The van der Waals surface area contributed by atoms with Gasteiger partial charge in [-0.05, 0) is 62.8 Å². The SMILES string of the molecule is C=C.CC(=O)c1ccc(C(=O)NCC2CCC(C)CC2)s1.Cc1nc(N(C)C)c2ccccc2n1. The Labute approximate surface area is 213 Å². The van der Waals surface area contributed by atoms with E-state index in [1.165, 1.54) is 43.9 Å². The van der Waals surface area contributed by atoms with Crippen molar-refractivity contribution in [3.8, 4) is 0 Å². The number of hydrogen-bond acceptors (Lipinski definition) is 6. The second-order valence-electron chi connectivity index (χ2n) is 9.06. The van der Waals surface area contributed by atoms with E-state index in [2.05, 4.69) is 35.4 Å². The third kappa shape index (κ3) is 8.28. The van der Waals surface area contributed by atoms with Crippen molar-refractivity contribution in [2.75, 3.05) is 25.5 Å². The molecule has 0 atom stereocenters. The molecule has 0 spiro atoms. The minimum Gasteiger partial charge on any atom is -0.362 e. The summed E-state index contributed by atoms with van der Waals surface area (Å²) in [4.78, 5) is 35.3. The van der Waals surface area contributed by atoms with Gasteiger partial charge in [-0.2, -0.15) is 0 Å². The standard InChI is InChI=1S/C15H21NO2S.C11H13N3.C2H4/c1-10-3-5-12(6-4-10)9-16-15(18)14-8-7-13(19-14)11(2)17;1-8-12-10-7-5-4-6-9(10)11(13-8)14(2)3;1-2/h7-8,10,12H,3-6,9H2,1-2H3,(H,16,18);4-7H,1-3H3;1-2H2. The van der Waals surface area contributed by atoms with Crippen molar-refractivity contribution in [2.45, 2.75) is 46.5 Å². The predicted octanol–water partition coefficient (Wildman–Crippen LogP) is 6.31. The number of anilines is 1. The maximum absolute atomic E-state index is 12.0. The Hall–Kier alpha value is -3.06. The summed E-state index contributed by atoms with van der Waals surface area (Å²) in [5.41, 5.74) is 1.00. The Bertz CT molecular complexity index is 1120. The van der Waals surface area contributed by atoms with Gasteiger partial charge in [-0.25, -0.2) is 9.97 Å². The molecule has 1 aliphatic carbocycles. The number of carbonyl (C=O) groups is 2. The van der Waals surface area contributed by atoms with Crippen LogP contribution in [0.2, 0.25) is 0 Å². The molecule has 2 aromatic heterocycles. The first-order chi connectivity index (χ1) is 16.7. The Morgan fingerprint density at radius 2 is 1.66 bits per heavy atom. The Balaban J connectivity index is 0.000000239. The average molecular weight is 495 g/mol. The van der Waals surface area contributed by atoms with Gasteiger partial charge >= 0.3 is 0 Å². The summed E-state index contributed by atoms with van der Waals surface area (Å²) in [7, 11) is 3.99. The number of rotatable bonds is 5. The first kappa shape index (κ1) is 28.2. The van der Waals surface area contributed by atoms with Gasteiger partial charge in [0, 0.05) is 26.0 Å². The quantitative estimate of drug-likeness (QED) is 0.332. The van der Waals surface area contributed by atoms with Gasteiger partial charge in [0.2, 0.25) is 0 Å². The molecule has 1 aliphatic rings. The first-order valence-electron chi connectivity index (χ1n) is 12.0. The number of amides is 1. The van der Waals surface area contributed by atoms with Crippen molar-refractivity contribution >= 4 is 39.7 Å². The third-order valence-electron chi connectivity index (χ3n) is 5.98. The highest BCUT2D eigenvalue weighted by Gasteiger charge is 2.19. The molecular formula is C28H38N4O2S. The lowest BCUT2D eigenvalue weighted by Crippen LogP contribution is -2.30. The van der Waals surface area contributed by atoms with Gasteiger partial charge in [0.1, 0.15) is 11.6 Å². The minimum atomic E-state index is -0.0453. The summed E-state index contributed by atoms with van der Waals surface area (Å²) < 4.78 is 0. The number of para-hydroxylation sites is 1. The van der Waals surface area contributed by atoms with Crippen LogP contribution in [-0.2, 0) is 0 Å².